The zero-order valence-electron chi connectivity index (χ0n) is 11.8. The molecule has 106 valence electrons. The quantitative estimate of drug-likeness (QED) is 0.666. The molecule has 0 aliphatic carbocycles. The summed E-state index contributed by atoms with van der Waals surface area (Å²) in [6.45, 7) is 1.83. The molecular formula is C18H16FNO. The summed E-state index contributed by atoms with van der Waals surface area (Å²) >= 11 is 0. The molecule has 1 aromatic heterocycles. The van der Waals surface area contributed by atoms with Gasteiger partial charge in [-0.25, -0.2) is 4.39 Å². The Kier molecular flexibility index (Phi) is 2.82. The highest BCUT2D eigenvalue weighted by atomic mass is 19.1. The van der Waals surface area contributed by atoms with Crippen molar-refractivity contribution in [2.45, 2.75) is 12.5 Å². The minimum atomic E-state index is -0.295. The Labute approximate surface area is 122 Å². The predicted octanol–water partition coefficient (Wildman–Crippen LogP) is 4.15. The fraction of sp³-hybridized carbons (Fsp3) is 0.222. The van der Waals surface area contributed by atoms with Gasteiger partial charge in [0.05, 0.1) is 5.92 Å². The van der Waals surface area contributed by atoms with Gasteiger partial charge in [0.2, 0.25) is 0 Å². The molecule has 0 N–H and O–H groups in total. The summed E-state index contributed by atoms with van der Waals surface area (Å²) in [6, 6.07) is 15.4. The van der Waals surface area contributed by atoms with E-state index in [1.54, 1.807) is 6.07 Å². The monoisotopic (exact) mass is 281 g/mol. The van der Waals surface area contributed by atoms with Crippen LogP contribution in [-0.2, 0) is 6.54 Å². The number of fused-ring (bicyclic) bond motifs is 2. The number of halogens is 1. The van der Waals surface area contributed by atoms with Gasteiger partial charge >= 0.3 is 0 Å². The third-order valence-electron chi connectivity index (χ3n) is 4.22. The van der Waals surface area contributed by atoms with Gasteiger partial charge in [0.1, 0.15) is 5.76 Å². The van der Waals surface area contributed by atoms with Crippen LogP contribution in [0.3, 0.4) is 0 Å². The van der Waals surface area contributed by atoms with Gasteiger partial charge in [-0.2, -0.15) is 0 Å². The summed E-state index contributed by atoms with van der Waals surface area (Å²) < 4.78 is 19.7. The van der Waals surface area contributed by atoms with Crippen molar-refractivity contribution in [3.8, 4) is 0 Å². The lowest BCUT2D eigenvalue weighted by Gasteiger charge is -2.31. The Balaban J connectivity index is 1.86. The van der Waals surface area contributed by atoms with Gasteiger partial charge in [-0.05, 0) is 30.3 Å². The molecule has 2 nitrogen and oxygen atoms in total. The molecule has 4 rings (SSSR count). The first-order chi connectivity index (χ1) is 10.2. The van der Waals surface area contributed by atoms with Crippen molar-refractivity contribution in [2.75, 3.05) is 13.6 Å². The summed E-state index contributed by atoms with van der Waals surface area (Å²) in [5, 5.41) is 0.829. The lowest BCUT2D eigenvalue weighted by Crippen LogP contribution is -2.30. The van der Waals surface area contributed by atoms with Crippen LogP contribution in [0.4, 0.5) is 4.39 Å². The van der Waals surface area contributed by atoms with E-state index in [0.717, 1.165) is 24.2 Å². The number of nitrogens with zero attached hydrogens (tertiary/aromatic N) is 1. The zero-order chi connectivity index (χ0) is 14.4. The molecule has 1 aliphatic heterocycles. The van der Waals surface area contributed by atoms with Crippen molar-refractivity contribution < 1.29 is 8.81 Å². The van der Waals surface area contributed by atoms with Crippen LogP contribution in [0, 0.1) is 5.82 Å². The van der Waals surface area contributed by atoms with Crippen molar-refractivity contribution in [3.63, 3.8) is 0 Å². The van der Waals surface area contributed by atoms with Gasteiger partial charge in [0.25, 0.3) is 0 Å². The second-order valence-electron chi connectivity index (χ2n) is 5.76. The molecule has 0 bridgehead atoms. The van der Waals surface area contributed by atoms with Gasteiger partial charge in [0, 0.05) is 18.5 Å². The van der Waals surface area contributed by atoms with Crippen LogP contribution in [0.5, 0.6) is 0 Å². The highest BCUT2D eigenvalue weighted by Gasteiger charge is 2.27. The summed E-state index contributed by atoms with van der Waals surface area (Å²) in [5.74, 6) is 0.706. The van der Waals surface area contributed by atoms with E-state index in [1.807, 2.05) is 12.1 Å². The van der Waals surface area contributed by atoms with Crippen LogP contribution >= 0.6 is 0 Å². The average molecular weight is 281 g/mol. The second-order valence-corrected chi connectivity index (χ2v) is 5.76. The normalized spacial score (nSPS) is 18.9. The van der Waals surface area contributed by atoms with Crippen LogP contribution in [0.25, 0.3) is 11.0 Å². The molecule has 0 fully saturated rings. The molecule has 0 radical (unpaired) electrons. The van der Waals surface area contributed by atoms with E-state index >= 15 is 0 Å². The maximum atomic E-state index is 13.8. The lowest BCUT2D eigenvalue weighted by atomic mass is 9.88. The van der Waals surface area contributed by atoms with E-state index in [0.29, 0.717) is 5.58 Å². The highest BCUT2D eigenvalue weighted by Crippen LogP contribution is 2.36. The van der Waals surface area contributed by atoms with E-state index in [1.165, 1.54) is 17.2 Å². The van der Waals surface area contributed by atoms with Gasteiger partial charge in [-0.15, -0.1) is 0 Å². The summed E-state index contributed by atoms with van der Waals surface area (Å²) in [7, 11) is 2.10. The standard InChI is InChI=1S/C18H16FNO/c1-20-10-13-5-2-3-7-14(13)15(11-20)17-9-12-6-4-8-16(19)18(12)21-17/h2-9,15H,10-11H2,1H3. The number of furan rings is 1. The fourth-order valence-electron chi connectivity index (χ4n) is 3.25. The molecule has 0 spiro atoms. The van der Waals surface area contributed by atoms with Gasteiger partial charge in [-0.3, -0.25) is 0 Å². The number of hydrogen-bond donors (Lipinski definition) is 0. The smallest absolute Gasteiger partial charge is 0.169 e. The average Bonchev–Trinajstić information content (AvgIpc) is 2.92. The van der Waals surface area contributed by atoms with E-state index in [9.17, 15) is 4.39 Å². The van der Waals surface area contributed by atoms with Crippen molar-refractivity contribution >= 4 is 11.0 Å². The third kappa shape index (κ3) is 2.05. The number of hydrogen-bond acceptors (Lipinski definition) is 2. The van der Waals surface area contributed by atoms with Crippen molar-refractivity contribution in [3.05, 3.63) is 71.2 Å². The van der Waals surface area contributed by atoms with E-state index in [-0.39, 0.29) is 11.7 Å². The summed E-state index contributed by atoms with van der Waals surface area (Å²) in [6.07, 6.45) is 0. The van der Waals surface area contributed by atoms with Crippen LogP contribution in [0.2, 0.25) is 0 Å². The molecule has 3 heteroatoms. The summed E-state index contributed by atoms with van der Waals surface area (Å²) in [4.78, 5) is 2.27. The second kappa shape index (κ2) is 4.71. The Bertz CT molecular complexity index is 808. The SMILES string of the molecule is CN1Cc2ccccc2C(c2cc3cccc(F)c3o2)C1. The lowest BCUT2D eigenvalue weighted by molar-refractivity contribution is 0.282. The molecule has 3 aromatic rings. The minimum absolute atomic E-state index is 0.159. The molecule has 1 atom stereocenters. The van der Waals surface area contributed by atoms with Gasteiger partial charge in [0.15, 0.2) is 11.4 Å². The first-order valence-corrected chi connectivity index (χ1v) is 7.16. The maximum absolute atomic E-state index is 13.8. The van der Waals surface area contributed by atoms with E-state index in [4.69, 9.17) is 4.42 Å². The van der Waals surface area contributed by atoms with Crippen LogP contribution in [-0.4, -0.2) is 18.5 Å². The molecule has 0 amide bonds. The molecule has 1 aliphatic rings. The molecular weight excluding hydrogens is 265 g/mol. The molecule has 1 unspecified atom stereocenters. The number of likely N-dealkylation sites (N-methyl/N-ethyl adjacent to an activating group) is 1. The van der Waals surface area contributed by atoms with Gasteiger partial charge < -0.3 is 9.32 Å². The largest absolute Gasteiger partial charge is 0.457 e. The Morgan fingerprint density at radius 1 is 1.14 bits per heavy atom. The Hall–Kier alpha value is -2.13. The van der Waals surface area contributed by atoms with Crippen molar-refractivity contribution in [1.82, 2.24) is 4.90 Å². The molecule has 2 heterocycles. The minimum Gasteiger partial charge on any atom is -0.457 e. The van der Waals surface area contributed by atoms with Crippen molar-refractivity contribution in [1.29, 1.82) is 0 Å². The fourth-order valence-corrected chi connectivity index (χ4v) is 3.25. The van der Waals surface area contributed by atoms with Crippen LogP contribution in [0.15, 0.2) is 52.9 Å². The van der Waals surface area contributed by atoms with Crippen LogP contribution < -0.4 is 0 Å². The topological polar surface area (TPSA) is 16.4 Å². The van der Waals surface area contributed by atoms with Gasteiger partial charge in [-0.1, -0.05) is 36.4 Å². The molecule has 2 aromatic carbocycles. The molecule has 0 saturated heterocycles. The molecule has 0 saturated carbocycles. The Morgan fingerprint density at radius 3 is 2.86 bits per heavy atom. The third-order valence-corrected chi connectivity index (χ3v) is 4.22. The zero-order valence-corrected chi connectivity index (χ0v) is 11.8. The predicted molar refractivity (Wildman–Crippen MR) is 80.8 cm³/mol. The highest BCUT2D eigenvalue weighted by molar-refractivity contribution is 5.78. The number of benzene rings is 2. The number of para-hydroxylation sites is 1. The first-order valence-electron chi connectivity index (χ1n) is 7.16. The van der Waals surface area contributed by atoms with E-state index in [2.05, 4.69) is 36.2 Å². The maximum Gasteiger partial charge on any atom is 0.169 e. The van der Waals surface area contributed by atoms with E-state index < -0.39 is 0 Å². The number of rotatable bonds is 1. The van der Waals surface area contributed by atoms with Crippen molar-refractivity contribution in [2.24, 2.45) is 0 Å². The van der Waals surface area contributed by atoms with Crippen LogP contribution in [0.1, 0.15) is 22.8 Å². The first kappa shape index (κ1) is 12.6. The Morgan fingerprint density at radius 2 is 2.00 bits per heavy atom. The summed E-state index contributed by atoms with van der Waals surface area (Å²) in [5.41, 5.74) is 2.96. The molecule has 21 heavy (non-hydrogen) atoms.